The lowest BCUT2D eigenvalue weighted by Gasteiger charge is -2.08. The quantitative estimate of drug-likeness (QED) is 0.642. The van der Waals surface area contributed by atoms with Crippen molar-refractivity contribution in [3.8, 4) is 0 Å². The van der Waals surface area contributed by atoms with E-state index in [0.29, 0.717) is 0 Å². The molecule has 0 spiro atoms. The van der Waals surface area contributed by atoms with E-state index < -0.39 is 0 Å². The van der Waals surface area contributed by atoms with Crippen molar-refractivity contribution in [3.05, 3.63) is 23.0 Å². The zero-order valence-corrected chi connectivity index (χ0v) is 8.12. The van der Waals surface area contributed by atoms with E-state index in [4.69, 9.17) is 0 Å². The maximum atomic E-state index is 4.58. The van der Waals surface area contributed by atoms with Gasteiger partial charge in [-0.3, -0.25) is 4.40 Å². The number of hydrogen-bond acceptors (Lipinski definition) is 3. The van der Waals surface area contributed by atoms with Gasteiger partial charge in [-0.2, -0.15) is 11.8 Å². The molecular weight excluding hydrogens is 188 g/mol. The average Bonchev–Trinajstić information content (AvgIpc) is 2.62. The Kier molecular flexibility index (Phi) is 1.45. The largest absolute Gasteiger partial charge is 0.294 e. The lowest BCUT2D eigenvalue weighted by atomic mass is 10.3. The molecule has 4 heteroatoms. The zero-order valence-electron chi connectivity index (χ0n) is 6.49. The Labute approximate surface area is 78.6 Å². The van der Waals surface area contributed by atoms with Crippen molar-refractivity contribution < 1.29 is 0 Å². The molecule has 1 aliphatic heterocycles. The van der Waals surface area contributed by atoms with Gasteiger partial charge in [0.15, 0.2) is 4.96 Å². The third kappa shape index (κ3) is 0.850. The van der Waals surface area contributed by atoms with Crippen LogP contribution in [-0.2, 0) is 12.2 Å². The molecule has 0 saturated carbocycles. The average molecular weight is 196 g/mol. The number of nitrogens with zero attached hydrogens (tertiary/aromatic N) is 2. The highest BCUT2D eigenvalue weighted by Crippen LogP contribution is 2.26. The van der Waals surface area contributed by atoms with Gasteiger partial charge in [-0.25, -0.2) is 4.98 Å². The lowest BCUT2D eigenvalue weighted by molar-refractivity contribution is 0.994. The Balaban J connectivity index is 2.34. The van der Waals surface area contributed by atoms with E-state index in [1.807, 2.05) is 11.8 Å². The minimum atomic E-state index is 1.13. The monoisotopic (exact) mass is 196 g/mol. The molecule has 2 nitrogen and oxygen atoms in total. The van der Waals surface area contributed by atoms with Gasteiger partial charge in [0.25, 0.3) is 0 Å². The maximum absolute atomic E-state index is 4.58. The third-order valence-electron chi connectivity index (χ3n) is 2.17. The van der Waals surface area contributed by atoms with Crippen LogP contribution in [0.1, 0.15) is 11.4 Å². The van der Waals surface area contributed by atoms with Crippen LogP contribution in [-0.4, -0.2) is 15.1 Å². The van der Waals surface area contributed by atoms with E-state index in [-0.39, 0.29) is 0 Å². The van der Waals surface area contributed by atoms with E-state index in [1.165, 1.54) is 17.1 Å². The van der Waals surface area contributed by atoms with E-state index in [1.54, 1.807) is 11.3 Å². The summed E-state index contributed by atoms with van der Waals surface area (Å²) in [6.07, 6.45) is 3.27. The second kappa shape index (κ2) is 2.50. The SMILES string of the molecule is c1cn2c3c(nc2s1)CCSC3. The van der Waals surface area contributed by atoms with Crippen LogP contribution < -0.4 is 0 Å². The highest BCUT2D eigenvalue weighted by Gasteiger charge is 2.16. The van der Waals surface area contributed by atoms with Gasteiger partial charge in [-0.15, -0.1) is 11.3 Å². The number of fused-ring (bicyclic) bond motifs is 3. The zero-order chi connectivity index (χ0) is 7.97. The van der Waals surface area contributed by atoms with E-state index in [9.17, 15) is 0 Å². The molecule has 0 fully saturated rings. The molecule has 0 amide bonds. The Hall–Kier alpha value is -0.480. The Morgan fingerprint density at radius 2 is 2.50 bits per heavy atom. The standard InChI is InChI=1S/C8H8N2S2/c1-3-11-5-7-6(1)9-8-10(7)2-4-12-8/h2,4H,1,3,5H2. The van der Waals surface area contributed by atoms with Crippen molar-refractivity contribution in [2.75, 3.05) is 5.75 Å². The van der Waals surface area contributed by atoms with Crippen LogP contribution in [0.15, 0.2) is 11.6 Å². The highest BCUT2D eigenvalue weighted by atomic mass is 32.2. The molecule has 2 aromatic heterocycles. The molecule has 3 rings (SSSR count). The van der Waals surface area contributed by atoms with Crippen molar-refractivity contribution in [3.63, 3.8) is 0 Å². The number of aromatic nitrogens is 2. The minimum Gasteiger partial charge on any atom is -0.294 e. The second-order valence-electron chi connectivity index (χ2n) is 2.86. The Morgan fingerprint density at radius 3 is 3.50 bits per heavy atom. The molecule has 0 bridgehead atoms. The predicted molar refractivity (Wildman–Crippen MR) is 52.9 cm³/mol. The first-order valence-corrected chi connectivity index (χ1v) is 5.99. The van der Waals surface area contributed by atoms with Crippen LogP contribution in [0, 0.1) is 0 Å². The molecule has 0 aliphatic carbocycles. The third-order valence-corrected chi connectivity index (χ3v) is 3.89. The topological polar surface area (TPSA) is 17.3 Å². The van der Waals surface area contributed by atoms with E-state index >= 15 is 0 Å². The molecule has 0 atom stereocenters. The first-order valence-electron chi connectivity index (χ1n) is 3.96. The fourth-order valence-electron chi connectivity index (χ4n) is 1.57. The van der Waals surface area contributed by atoms with Crippen LogP contribution in [0.5, 0.6) is 0 Å². The summed E-state index contributed by atoms with van der Waals surface area (Å²) in [5, 5.41) is 2.10. The summed E-state index contributed by atoms with van der Waals surface area (Å²) < 4.78 is 2.23. The van der Waals surface area contributed by atoms with Gasteiger partial charge in [0.1, 0.15) is 0 Å². The normalized spacial score (nSPS) is 16.7. The van der Waals surface area contributed by atoms with Crippen molar-refractivity contribution in [2.45, 2.75) is 12.2 Å². The fourth-order valence-corrected chi connectivity index (χ4v) is 3.30. The smallest absolute Gasteiger partial charge is 0.194 e. The molecule has 62 valence electrons. The summed E-state index contributed by atoms with van der Waals surface area (Å²) in [5.74, 6) is 2.37. The number of rotatable bonds is 0. The molecular formula is C8H8N2S2. The summed E-state index contributed by atoms with van der Waals surface area (Å²) in [6, 6.07) is 0. The van der Waals surface area contributed by atoms with Gasteiger partial charge in [0.05, 0.1) is 11.4 Å². The fraction of sp³-hybridized carbons (Fsp3) is 0.375. The molecule has 0 aromatic carbocycles. The van der Waals surface area contributed by atoms with Crippen molar-refractivity contribution in [1.82, 2.24) is 9.38 Å². The highest BCUT2D eigenvalue weighted by molar-refractivity contribution is 7.98. The Bertz CT molecular complexity index is 416. The molecule has 2 aromatic rings. The molecule has 1 aliphatic rings. The van der Waals surface area contributed by atoms with E-state index in [0.717, 1.165) is 17.1 Å². The maximum Gasteiger partial charge on any atom is 0.194 e. The minimum absolute atomic E-state index is 1.13. The summed E-state index contributed by atoms with van der Waals surface area (Å²) in [4.78, 5) is 5.74. The van der Waals surface area contributed by atoms with Gasteiger partial charge >= 0.3 is 0 Å². The first kappa shape index (κ1) is 6.97. The number of thiazole rings is 1. The molecule has 0 N–H and O–H groups in total. The van der Waals surface area contributed by atoms with Gasteiger partial charge in [0, 0.05) is 23.8 Å². The van der Waals surface area contributed by atoms with Crippen molar-refractivity contribution >= 4 is 28.1 Å². The second-order valence-corrected chi connectivity index (χ2v) is 4.84. The first-order chi connectivity index (χ1) is 5.95. The van der Waals surface area contributed by atoms with E-state index in [2.05, 4.69) is 21.0 Å². The Morgan fingerprint density at radius 1 is 1.50 bits per heavy atom. The molecule has 0 saturated heterocycles. The number of aryl methyl sites for hydroxylation is 1. The molecule has 0 unspecified atom stereocenters. The van der Waals surface area contributed by atoms with Crippen molar-refractivity contribution in [1.29, 1.82) is 0 Å². The summed E-state index contributed by atoms with van der Waals surface area (Å²) in [5.41, 5.74) is 2.74. The molecule has 12 heavy (non-hydrogen) atoms. The van der Waals surface area contributed by atoms with Crippen LogP contribution in [0.25, 0.3) is 4.96 Å². The summed E-state index contributed by atoms with van der Waals surface area (Å²) in [6.45, 7) is 0. The summed E-state index contributed by atoms with van der Waals surface area (Å²) in [7, 11) is 0. The van der Waals surface area contributed by atoms with Crippen LogP contribution in [0.3, 0.4) is 0 Å². The van der Waals surface area contributed by atoms with Gasteiger partial charge in [0.2, 0.25) is 0 Å². The van der Waals surface area contributed by atoms with Gasteiger partial charge < -0.3 is 0 Å². The lowest BCUT2D eigenvalue weighted by Crippen LogP contribution is -2.02. The number of hydrogen-bond donors (Lipinski definition) is 0. The van der Waals surface area contributed by atoms with Crippen LogP contribution in [0.4, 0.5) is 0 Å². The van der Waals surface area contributed by atoms with Crippen molar-refractivity contribution in [2.24, 2.45) is 0 Å². The number of imidazole rings is 1. The van der Waals surface area contributed by atoms with Crippen LogP contribution >= 0.6 is 23.1 Å². The molecule has 0 radical (unpaired) electrons. The van der Waals surface area contributed by atoms with Gasteiger partial charge in [-0.05, 0) is 5.75 Å². The molecule has 3 heterocycles. The van der Waals surface area contributed by atoms with Crippen LogP contribution in [0.2, 0.25) is 0 Å². The number of thioether (sulfide) groups is 1. The predicted octanol–water partition coefficient (Wildman–Crippen LogP) is 2.19. The summed E-state index contributed by atoms with van der Waals surface area (Å²) >= 11 is 3.73. The van der Waals surface area contributed by atoms with Gasteiger partial charge in [-0.1, -0.05) is 0 Å².